The van der Waals surface area contributed by atoms with Gasteiger partial charge in [-0.15, -0.1) is 10.2 Å². The van der Waals surface area contributed by atoms with Gasteiger partial charge in [0.25, 0.3) is 0 Å². The van der Waals surface area contributed by atoms with Crippen LogP contribution in [0.15, 0.2) is 60.9 Å². The van der Waals surface area contributed by atoms with E-state index in [0.29, 0.717) is 6.04 Å². The van der Waals surface area contributed by atoms with Gasteiger partial charge in [-0.3, -0.25) is 14.7 Å². The molecule has 3 aliphatic heterocycles. The highest BCUT2D eigenvalue weighted by Crippen LogP contribution is 2.30. The fraction of sp³-hybridized carbons (Fsp3) is 0.515. The van der Waals surface area contributed by atoms with Crippen molar-refractivity contribution in [3.63, 3.8) is 0 Å². The molecule has 3 fully saturated rings. The van der Waals surface area contributed by atoms with Crippen molar-refractivity contribution < 1.29 is 0 Å². The number of hydrogen-bond acceptors (Lipinski definition) is 6. The largest absolute Gasteiger partial charge is 0.312 e. The van der Waals surface area contributed by atoms with Gasteiger partial charge in [-0.05, 0) is 62.7 Å². The van der Waals surface area contributed by atoms with Gasteiger partial charge in [0.2, 0.25) is 0 Å². The Morgan fingerprint density at radius 2 is 1.60 bits per heavy atom. The van der Waals surface area contributed by atoms with Crippen LogP contribution in [0.4, 0.5) is 0 Å². The molecular formula is C33H43N7. The summed E-state index contributed by atoms with van der Waals surface area (Å²) in [6.07, 6.45) is 6.54. The first-order chi connectivity index (χ1) is 19.7. The van der Waals surface area contributed by atoms with E-state index in [9.17, 15) is 0 Å². The van der Waals surface area contributed by atoms with Gasteiger partial charge in [-0.1, -0.05) is 54.3 Å². The topological polar surface area (TPSA) is 43.7 Å². The first-order valence-corrected chi connectivity index (χ1v) is 15.1. The maximum atomic E-state index is 4.66. The van der Waals surface area contributed by atoms with E-state index in [1.165, 1.54) is 43.5 Å². The molecule has 40 heavy (non-hydrogen) atoms. The van der Waals surface area contributed by atoms with Crippen LogP contribution in [0.2, 0.25) is 0 Å². The number of nitrogens with zero attached hydrogens (tertiary/aromatic N) is 7. The highest BCUT2D eigenvalue weighted by atomic mass is 15.3. The zero-order valence-corrected chi connectivity index (χ0v) is 24.0. The van der Waals surface area contributed by atoms with Crippen LogP contribution >= 0.6 is 0 Å². The highest BCUT2D eigenvalue weighted by molar-refractivity contribution is 5.36. The lowest BCUT2D eigenvalue weighted by Crippen LogP contribution is -2.43. The van der Waals surface area contributed by atoms with Gasteiger partial charge in [-0.25, -0.2) is 0 Å². The number of piperazine rings is 1. The second-order valence-electron chi connectivity index (χ2n) is 11.8. The van der Waals surface area contributed by atoms with Crippen molar-refractivity contribution in [2.45, 2.75) is 50.9 Å². The third kappa shape index (κ3) is 6.82. The summed E-state index contributed by atoms with van der Waals surface area (Å²) in [5.74, 6) is 8.04. The minimum atomic E-state index is 0.142. The Morgan fingerprint density at radius 1 is 0.850 bits per heavy atom. The number of hydrogen-bond donors (Lipinski definition) is 0. The lowest BCUT2D eigenvalue weighted by molar-refractivity contribution is 0.148. The molecule has 2 atom stereocenters. The number of likely N-dealkylation sites (N-methyl/N-ethyl adjacent to an activating group) is 1. The molecule has 7 nitrogen and oxygen atoms in total. The maximum absolute atomic E-state index is 4.66. The smallest absolute Gasteiger partial charge is 0.151 e. The van der Waals surface area contributed by atoms with Gasteiger partial charge in [0.15, 0.2) is 5.82 Å². The van der Waals surface area contributed by atoms with E-state index in [4.69, 9.17) is 0 Å². The summed E-state index contributed by atoms with van der Waals surface area (Å²) in [4.78, 5) is 10.3. The first kappa shape index (κ1) is 27.2. The van der Waals surface area contributed by atoms with Crippen molar-refractivity contribution in [3.05, 3.63) is 83.4 Å². The van der Waals surface area contributed by atoms with E-state index < -0.39 is 0 Å². The first-order valence-electron chi connectivity index (χ1n) is 15.1. The molecule has 0 aliphatic carbocycles. The van der Waals surface area contributed by atoms with Gasteiger partial charge in [0, 0.05) is 63.8 Å². The molecule has 7 heteroatoms. The zero-order valence-electron chi connectivity index (χ0n) is 24.0. The lowest BCUT2D eigenvalue weighted by Gasteiger charge is -2.32. The monoisotopic (exact) mass is 537 g/mol. The van der Waals surface area contributed by atoms with E-state index >= 15 is 0 Å². The average molecular weight is 538 g/mol. The molecule has 210 valence electrons. The minimum absolute atomic E-state index is 0.142. The molecule has 2 unspecified atom stereocenters. The van der Waals surface area contributed by atoms with Crippen molar-refractivity contribution >= 4 is 0 Å². The molecule has 0 saturated carbocycles. The number of aromatic nitrogens is 3. The van der Waals surface area contributed by atoms with Crippen molar-refractivity contribution in [3.8, 4) is 11.8 Å². The standard InChI is InChI=1S/C33H43N7/c1-36-20-22-37(23-21-36)24-30-14-12-28(13-15-30)10-7-11-32(39-19-16-31(26-39)38-17-5-6-18-38)33-35-34-27-40(33)25-29-8-3-2-4-9-29/h2-4,8-9,12-15,27,31-32H,5-6,11,16-26H2,1H3. The van der Waals surface area contributed by atoms with Crippen LogP contribution < -0.4 is 0 Å². The Bertz CT molecular complexity index is 1260. The molecule has 4 heterocycles. The maximum Gasteiger partial charge on any atom is 0.151 e. The number of rotatable bonds is 8. The van der Waals surface area contributed by atoms with Crippen LogP contribution in [0.3, 0.4) is 0 Å². The Balaban J connectivity index is 1.15. The van der Waals surface area contributed by atoms with Gasteiger partial charge < -0.3 is 9.47 Å². The number of benzene rings is 2. The molecule has 6 rings (SSSR count). The average Bonchev–Trinajstić information content (AvgIpc) is 3.77. The molecule has 3 saturated heterocycles. The minimum Gasteiger partial charge on any atom is -0.312 e. The normalized spacial score (nSPS) is 21.9. The zero-order chi connectivity index (χ0) is 27.1. The van der Waals surface area contributed by atoms with Crippen molar-refractivity contribution in [2.75, 3.05) is 59.4 Å². The molecule has 0 radical (unpaired) electrons. The van der Waals surface area contributed by atoms with Crippen molar-refractivity contribution in [2.24, 2.45) is 0 Å². The van der Waals surface area contributed by atoms with E-state index in [-0.39, 0.29) is 6.04 Å². The van der Waals surface area contributed by atoms with Crippen molar-refractivity contribution in [1.82, 2.24) is 34.4 Å². The van der Waals surface area contributed by atoms with E-state index in [1.54, 1.807) is 0 Å². The molecule has 0 spiro atoms. The fourth-order valence-electron chi connectivity index (χ4n) is 6.47. The molecule has 0 bridgehead atoms. The summed E-state index contributed by atoms with van der Waals surface area (Å²) in [5, 5.41) is 9.02. The molecule has 3 aromatic rings. The lowest BCUT2D eigenvalue weighted by atomic mass is 10.1. The Labute approximate surface area is 239 Å². The summed E-state index contributed by atoms with van der Waals surface area (Å²) >= 11 is 0. The number of likely N-dealkylation sites (tertiary alicyclic amines) is 2. The molecule has 2 aromatic carbocycles. The van der Waals surface area contributed by atoms with E-state index in [1.807, 2.05) is 6.33 Å². The second-order valence-corrected chi connectivity index (χ2v) is 11.8. The molecular weight excluding hydrogens is 494 g/mol. The molecule has 0 amide bonds. The van der Waals surface area contributed by atoms with Crippen LogP contribution in [0.25, 0.3) is 0 Å². The van der Waals surface area contributed by atoms with Gasteiger partial charge in [0.05, 0.1) is 12.6 Å². The second kappa shape index (κ2) is 13.1. The van der Waals surface area contributed by atoms with Gasteiger partial charge >= 0.3 is 0 Å². The third-order valence-electron chi connectivity index (χ3n) is 8.92. The summed E-state index contributed by atoms with van der Waals surface area (Å²) in [5.41, 5.74) is 3.72. The van der Waals surface area contributed by atoms with Crippen LogP contribution in [0.5, 0.6) is 0 Å². The Morgan fingerprint density at radius 3 is 2.38 bits per heavy atom. The summed E-state index contributed by atoms with van der Waals surface area (Å²) in [6, 6.07) is 20.3. The van der Waals surface area contributed by atoms with Crippen LogP contribution in [0.1, 0.15) is 54.2 Å². The van der Waals surface area contributed by atoms with Gasteiger partial charge in [-0.2, -0.15) is 0 Å². The van der Waals surface area contributed by atoms with Crippen molar-refractivity contribution in [1.29, 1.82) is 0 Å². The van der Waals surface area contributed by atoms with E-state index in [0.717, 1.165) is 70.2 Å². The van der Waals surface area contributed by atoms with Crippen LogP contribution in [-0.2, 0) is 13.1 Å². The Kier molecular flexibility index (Phi) is 8.89. The highest BCUT2D eigenvalue weighted by Gasteiger charge is 2.34. The summed E-state index contributed by atoms with van der Waals surface area (Å²) < 4.78 is 2.22. The third-order valence-corrected chi connectivity index (χ3v) is 8.92. The predicted octanol–water partition coefficient (Wildman–Crippen LogP) is 3.73. The van der Waals surface area contributed by atoms with Crippen LogP contribution in [0, 0.1) is 11.8 Å². The molecule has 0 N–H and O–H groups in total. The van der Waals surface area contributed by atoms with Crippen LogP contribution in [-0.4, -0.2) is 99.8 Å². The summed E-state index contributed by atoms with van der Waals surface area (Å²) in [7, 11) is 2.21. The SMILES string of the molecule is CN1CCN(Cc2ccc(C#CCC(c3nncn3Cc3ccccc3)N3CCC(N4CCCC4)C3)cc2)CC1. The predicted molar refractivity (Wildman–Crippen MR) is 160 cm³/mol. The van der Waals surface area contributed by atoms with Gasteiger partial charge in [0.1, 0.15) is 6.33 Å². The summed E-state index contributed by atoms with van der Waals surface area (Å²) in [6.45, 7) is 11.1. The Hall–Kier alpha value is -3.02. The fourth-order valence-corrected chi connectivity index (χ4v) is 6.47. The molecule has 1 aromatic heterocycles. The molecule has 3 aliphatic rings. The van der Waals surface area contributed by atoms with E-state index in [2.05, 4.69) is 108 Å². The quantitative estimate of drug-likeness (QED) is 0.408.